The normalized spacial score (nSPS) is 21.9. The van der Waals surface area contributed by atoms with Crippen LogP contribution in [-0.4, -0.2) is 54.3 Å². The first-order chi connectivity index (χ1) is 9.64. The van der Waals surface area contributed by atoms with Gasteiger partial charge < -0.3 is 19.1 Å². The van der Waals surface area contributed by atoms with Crippen molar-refractivity contribution < 1.29 is 28.6 Å². The van der Waals surface area contributed by atoms with E-state index in [0.29, 0.717) is 0 Å². The lowest BCUT2D eigenvalue weighted by molar-refractivity contribution is -0.157. The number of esters is 2. The van der Waals surface area contributed by atoms with E-state index >= 15 is 0 Å². The van der Waals surface area contributed by atoms with Crippen molar-refractivity contribution in [3.05, 3.63) is 0 Å². The summed E-state index contributed by atoms with van der Waals surface area (Å²) in [5.41, 5.74) is -0.629. The van der Waals surface area contributed by atoms with E-state index in [1.54, 1.807) is 27.7 Å². The van der Waals surface area contributed by atoms with Crippen LogP contribution in [0, 0.1) is 5.92 Å². The highest BCUT2D eigenvalue weighted by molar-refractivity contribution is 5.77. The molecule has 1 amide bonds. The topological polar surface area (TPSA) is 82.1 Å². The summed E-state index contributed by atoms with van der Waals surface area (Å²) in [6, 6.07) is 0. The molecule has 1 saturated heterocycles. The van der Waals surface area contributed by atoms with Gasteiger partial charge in [0.15, 0.2) is 0 Å². The Morgan fingerprint density at radius 3 is 2.29 bits per heavy atom. The average Bonchev–Trinajstić information content (AvgIpc) is 2.70. The number of hydrogen-bond acceptors (Lipinski definition) is 6. The fourth-order valence-electron chi connectivity index (χ4n) is 2.06. The van der Waals surface area contributed by atoms with E-state index in [9.17, 15) is 14.4 Å². The summed E-state index contributed by atoms with van der Waals surface area (Å²) in [6.45, 7) is 8.70. The van der Waals surface area contributed by atoms with Crippen LogP contribution >= 0.6 is 0 Å². The van der Waals surface area contributed by atoms with Crippen LogP contribution in [0.2, 0.25) is 0 Å². The summed E-state index contributed by atoms with van der Waals surface area (Å²) < 4.78 is 15.3. The van der Waals surface area contributed by atoms with Gasteiger partial charge in [0.25, 0.3) is 0 Å². The average molecular weight is 301 g/mol. The van der Waals surface area contributed by atoms with E-state index < -0.39 is 35.7 Å². The van der Waals surface area contributed by atoms with E-state index in [-0.39, 0.29) is 19.7 Å². The maximum atomic E-state index is 12.0. The van der Waals surface area contributed by atoms with Crippen molar-refractivity contribution in [3.8, 4) is 0 Å². The Balaban J connectivity index is 2.77. The Morgan fingerprint density at radius 1 is 1.19 bits per heavy atom. The van der Waals surface area contributed by atoms with Crippen molar-refractivity contribution in [2.75, 3.05) is 19.7 Å². The van der Waals surface area contributed by atoms with E-state index in [0.717, 1.165) is 0 Å². The molecule has 21 heavy (non-hydrogen) atoms. The van der Waals surface area contributed by atoms with Gasteiger partial charge in [-0.2, -0.15) is 0 Å². The van der Waals surface area contributed by atoms with Crippen LogP contribution in [0.5, 0.6) is 0 Å². The van der Waals surface area contributed by atoms with Crippen LogP contribution < -0.4 is 0 Å². The minimum absolute atomic E-state index is 0.117. The molecule has 0 aromatic heterocycles. The second-order valence-electron chi connectivity index (χ2n) is 5.89. The Bertz CT molecular complexity index is 414. The zero-order chi connectivity index (χ0) is 16.2. The number of rotatable bonds is 3. The van der Waals surface area contributed by atoms with Gasteiger partial charge in [-0.25, -0.2) is 4.79 Å². The molecule has 7 nitrogen and oxygen atoms in total. The highest BCUT2D eigenvalue weighted by atomic mass is 16.6. The number of carbonyl (C=O) groups excluding carboxylic acids is 3. The molecule has 7 heteroatoms. The first kappa shape index (κ1) is 17.3. The maximum Gasteiger partial charge on any atom is 0.410 e. The highest BCUT2D eigenvalue weighted by Crippen LogP contribution is 2.23. The van der Waals surface area contributed by atoms with Gasteiger partial charge in [0, 0.05) is 13.5 Å². The summed E-state index contributed by atoms with van der Waals surface area (Å²) in [4.78, 5) is 36.4. The van der Waals surface area contributed by atoms with Crippen molar-refractivity contribution >= 4 is 18.0 Å². The lowest BCUT2D eigenvalue weighted by Crippen LogP contribution is -2.36. The third-order valence-electron chi connectivity index (χ3n) is 2.82. The minimum Gasteiger partial charge on any atom is -0.466 e. The molecule has 1 heterocycles. The smallest absolute Gasteiger partial charge is 0.410 e. The van der Waals surface area contributed by atoms with Gasteiger partial charge in [-0.3, -0.25) is 9.59 Å². The number of amides is 1. The highest BCUT2D eigenvalue weighted by Gasteiger charge is 2.43. The fourth-order valence-corrected chi connectivity index (χ4v) is 2.06. The van der Waals surface area contributed by atoms with E-state index in [1.165, 1.54) is 11.8 Å². The van der Waals surface area contributed by atoms with E-state index in [2.05, 4.69) is 0 Å². The second kappa shape index (κ2) is 6.78. The van der Waals surface area contributed by atoms with Crippen molar-refractivity contribution in [2.45, 2.75) is 46.3 Å². The molecule has 0 aromatic carbocycles. The first-order valence-electron chi connectivity index (χ1n) is 6.95. The molecule has 0 radical (unpaired) electrons. The number of likely N-dealkylation sites (tertiary alicyclic amines) is 1. The van der Waals surface area contributed by atoms with Crippen molar-refractivity contribution in [2.24, 2.45) is 5.92 Å². The zero-order valence-electron chi connectivity index (χ0n) is 13.2. The van der Waals surface area contributed by atoms with Gasteiger partial charge in [0.2, 0.25) is 0 Å². The molecule has 0 unspecified atom stereocenters. The quantitative estimate of drug-likeness (QED) is 0.578. The van der Waals surface area contributed by atoms with Crippen molar-refractivity contribution in [3.63, 3.8) is 0 Å². The molecule has 1 aliphatic rings. The van der Waals surface area contributed by atoms with Gasteiger partial charge in [0.1, 0.15) is 17.6 Å². The molecule has 0 aromatic rings. The Kier molecular flexibility index (Phi) is 5.57. The molecule has 1 aliphatic heterocycles. The summed E-state index contributed by atoms with van der Waals surface area (Å²) in [6.07, 6.45) is -1.24. The molecular weight excluding hydrogens is 278 g/mol. The number of hydrogen-bond donors (Lipinski definition) is 0. The number of nitrogens with zero attached hydrogens (tertiary/aromatic N) is 1. The van der Waals surface area contributed by atoms with Gasteiger partial charge in [-0.05, 0) is 27.7 Å². The van der Waals surface area contributed by atoms with Gasteiger partial charge in [0.05, 0.1) is 13.2 Å². The van der Waals surface area contributed by atoms with E-state index in [1.807, 2.05) is 0 Å². The number of ether oxygens (including phenoxy) is 3. The van der Waals surface area contributed by atoms with Crippen LogP contribution in [0.1, 0.15) is 34.6 Å². The maximum absolute atomic E-state index is 12.0. The molecule has 2 atom stereocenters. The summed E-state index contributed by atoms with van der Waals surface area (Å²) >= 11 is 0. The van der Waals surface area contributed by atoms with Crippen LogP contribution in [0.15, 0.2) is 0 Å². The molecule has 0 N–H and O–H groups in total. The summed E-state index contributed by atoms with van der Waals surface area (Å²) in [5.74, 6) is -1.66. The lowest BCUT2D eigenvalue weighted by Gasteiger charge is -2.24. The Hall–Kier alpha value is -1.79. The Labute approximate surface area is 124 Å². The minimum atomic E-state index is -0.700. The third kappa shape index (κ3) is 5.24. The molecule has 0 saturated carbocycles. The second-order valence-corrected chi connectivity index (χ2v) is 5.89. The monoisotopic (exact) mass is 301 g/mol. The molecule has 0 aliphatic carbocycles. The van der Waals surface area contributed by atoms with Gasteiger partial charge >= 0.3 is 18.0 Å². The standard InChI is InChI=1S/C14H23NO6/c1-6-19-12(17)10-7-15(8-11(10)20-9(2)16)13(18)21-14(3,4)5/h10-11H,6-8H2,1-5H3/t10-,11-/m1/s1. The van der Waals surface area contributed by atoms with E-state index in [4.69, 9.17) is 14.2 Å². The molecule has 0 spiro atoms. The Morgan fingerprint density at radius 2 is 1.81 bits per heavy atom. The predicted molar refractivity (Wildman–Crippen MR) is 73.5 cm³/mol. The number of carbonyl (C=O) groups is 3. The lowest BCUT2D eigenvalue weighted by atomic mass is 10.1. The van der Waals surface area contributed by atoms with Crippen LogP contribution in [0.3, 0.4) is 0 Å². The SMILES string of the molecule is CCOC(=O)[C@@H]1CN(C(=O)OC(C)(C)C)C[C@H]1OC(C)=O. The molecular formula is C14H23NO6. The molecule has 1 rings (SSSR count). The largest absolute Gasteiger partial charge is 0.466 e. The fraction of sp³-hybridized carbons (Fsp3) is 0.786. The van der Waals surface area contributed by atoms with Crippen LogP contribution in [0.4, 0.5) is 4.79 Å². The van der Waals surface area contributed by atoms with Gasteiger partial charge in [-0.15, -0.1) is 0 Å². The van der Waals surface area contributed by atoms with Gasteiger partial charge in [-0.1, -0.05) is 0 Å². The summed E-state index contributed by atoms with van der Waals surface area (Å²) in [7, 11) is 0. The molecule has 120 valence electrons. The predicted octanol–water partition coefficient (Wildman–Crippen LogP) is 1.35. The third-order valence-corrected chi connectivity index (χ3v) is 2.82. The van der Waals surface area contributed by atoms with Crippen LogP contribution in [-0.2, 0) is 23.8 Å². The first-order valence-corrected chi connectivity index (χ1v) is 6.95. The molecule has 1 fully saturated rings. The van der Waals surface area contributed by atoms with Crippen LogP contribution in [0.25, 0.3) is 0 Å². The van der Waals surface area contributed by atoms with Crippen molar-refractivity contribution in [1.29, 1.82) is 0 Å². The zero-order valence-corrected chi connectivity index (χ0v) is 13.2. The summed E-state index contributed by atoms with van der Waals surface area (Å²) in [5, 5.41) is 0. The van der Waals surface area contributed by atoms with Crippen molar-refractivity contribution in [1.82, 2.24) is 4.90 Å². The molecule has 0 bridgehead atoms.